The number of alkyl halides is 3. The molecule has 1 aliphatic heterocycles. The highest BCUT2D eigenvalue weighted by Crippen LogP contribution is 2.27. The van der Waals surface area contributed by atoms with Crippen LogP contribution in [0.1, 0.15) is 31.9 Å². The number of nitrogens with one attached hydrogen (secondary N) is 1. The molecule has 7 heteroatoms. The summed E-state index contributed by atoms with van der Waals surface area (Å²) < 4.78 is 36.7. The molecular formula is C14H21F3N4. The van der Waals surface area contributed by atoms with Gasteiger partial charge in [0.1, 0.15) is 5.82 Å². The highest BCUT2D eigenvalue weighted by atomic mass is 19.4. The zero-order valence-corrected chi connectivity index (χ0v) is 12.2. The number of rotatable bonds is 1. The maximum absolute atomic E-state index is 12.2. The van der Waals surface area contributed by atoms with Gasteiger partial charge in [-0.15, -0.1) is 0 Å². The highest BCUT2D eigenvalue weighted by molar-refractivity contribution is 5.36. The topological polar surface area (TPSA) is 41.1 Å². The number of piperazine rings is 1. The summed E-state index contributed by atoms with van der Waals surface area (Å²) in [4.78, 5) is 9.07. The maximum Gasteiger partial charge on any atom is 0.434 e. The van der Waals surface area contributed by atoms with Crippen molar-refractivity contribution in [3.8, 4) is 0 Å². The summed E-state index contributed by atoms with van der Waals surface area (Å²) in [5.74, 6) is 1.56. The van der Waals surface area contributed by atoms with E-state index in [1.807, 2.05) is 4.90 Å². The van der Waals surface area contributed by atoms with Crippen molar-refractivity contribution in [1.82, 2.24) is 15.3 Å². The van der Waals surface area contributed by atoms with Gasteiger partial charge in [-0.3, -0.25) is 0 Å². The Labute approximate surface area is 122 Å². The van der Waals surface area contributed by atoms with Crippen molar-refractivity contribution in [2.45, 2.75) is 32.4 Å². The van der Waals surface area contributed by atoms with Crippen molar-refractivity contribution in [3.05, 3.63) is 18.1 Å². The molecule has 1 aliphatic carbocycles. The third-order valence-corrected chi connectivity index (χ3v) is 3.76. The lowest BCUT2D eigenvalue weighted by Crippen LogP contribution is -2.44. The summed E-state index contributed by atoms with van der Waals surface area (Å²) >= 11 is 0. The standard InChI is InChI=1S/C9H11F3N4.C5H10/c10-9(11,12)7-5-15-8(6-14-7)16-3-1-13-2-4-16;1-5-3-2-4-5/h5-6,13H,1-4H2;5H,2-4H2,1H3. The van der Waals surface area contributed by atoms with Crippen molar-refractivity contribution in [2.75, 3.05) is 31.1 Å². The van der Waals surface area contributed by atoms with Gasteiger partial charge in [-0.2, -0.15) is 13.2 Å². The van der Waals surface area contributed by atoms with Gasteiger partial charge in [-0.05, 0) is 5.92 Å². The molecule has 1 aromatic rings. The van der Waals surface area contributed by atoms with E-state index < -0.39 is 11.9 Å². The summed E-state index contributed by atoms with van der Waals surface area (Å²) in [7, 11) is 0. The summed E-state index contributed by atoms with van der Waals surface area (Å²) in [6, 6.07) is 0. The Balaban J connectivity index is 0.000000272. The van der Waals surface area contributed by atoms with E-state index in [0.717, 1.165) is 38.3 Å². The molecule has 1 saturated heterocycles. The normalized spacial score (nSPS) is 19.5. The first-order valence-electron chi connectivity index (χ1n) is 7.31. The molecule has 0 spiro atoms. The molecule has 2 fully saturated rings. The first-order valence-corrected chi connectivity index (χ1v) is 7.31. The van der Waals surface area contributed by atoms with Crippen LogP contribution >= 0.6 is 0 Å². The van der Waals surface area contributed by atoms with E-state index >= 15 is 0 Å². The lowest BCUT2D eigenvalue weighted by atomic mass is 9.88. The fourth-order valence-corrected chi connectivity index (χ4v) is 2.14. The van der Waals surface area contributed by atoms with Gasteiger partial charge in [0.05, 0.1) is 12.4 Å². The zero-order valence-electron chi connectivity index (χ0n) is 12.2. The molecule has 0 atom stereocenters. The monoisotopic (exact) mass is 302 g/mol. The Morgan fingerprint density at radius 2 is 1.76 bits per heavy atom. The van der Waals surface area contributed by atoms with Crippen molar-refractivity contribution in [1.29, 1.82) is 0 Å². The fraction of sp³-hybridized carbons (Fsp3) is 0.714. The minimum absolute atomic E-state index is 0.495. The maximum atomic E-state index is 12.2. The van der Waals surface area contributed by atoms with Crippen LogP contribution < -0.4 is 10.2 Å². The van der Waals surface area contributed by atoms with Crippen LogP contribution in [0.3, 0.4) is 0 Å². The Hall–Kier alpha value is -1.37. The van der Waals surface area contributed by atoms with E-state index in [2.05, 4.69) is 22.2 Å². The molecule has 1 N–H and O–H groups in total. The third kappa shape index (κ3) is 4.84. The Morgan fingerprint density at radius 1 is 1.14 bits per heavy atom. The van der Waals surface area contributed by atoms with Crippen LogP contribution in [-0.4, -0.2) is 36.1 Å². The lowest BCUT2D eigenvalue weighted by Gasteiger charge is -2.28. The van der Waals surface area contributed by atoms with Crippen LogP contribution in [0.5, 0.6) is 0 Å². The average Bonchev–Trinajstić information content (AvgIpc) is 2.46. The second-order valence-corrected chi connectivity index (χ2v) is 5.53. The molecular weight excluding hydrogens is 281 g/mol. The van der Waals surface area contributed by atoms with Gasteiger partial charge >= 0.3 is 6.18 Å². The Kier molecular flexibility index (Phi) is 5.39. The quantitative estimate of drug-likeness (QED) is 0.866. The van der Waals surface area contributed by atoms with Crippen LogP contribution in [-0.2, 0) is 6.18 Å². The highest BCUT2D eigenvalue weighted by Gasteiger charge is 2.33. The SMILES string of the molecule is CC1CCC1.FC(F)(F)c1cnc(N2CCNCC2)cn1. The molecule has 2 heterocycles. The Morgan fingerprint density at radius 3 is 2.14 bits per heavy atom. The third-order valence-electron chi connectivity index (χ3n) is 3.76. The van der Waals surface area contributed by atoms with Crippen LogP contribution in [0.4, 0.5) is 19.0 Å². The summed E-state index contributed by atoms with van der Waals surface area (Å²) in [6.07, 6.45) is 1.99. The largest absolute Gasteiger partial charge is 0.434 e. The Bertz CT molecular complexity index is 423. The molecule has 2 aliphatic rings. The lowest BCUT2D eigenvalue weighted by molar-refractivity contribution is -0.141. The van der Waals surface area contributed by atoms with Crippen molar-refractivity contribution < 1.29 is 13.2 Å². The molecule has 0 radical (unpaired) electrons. The number of aromatic nitrogens is 2. The van der Waals surface area contributed by atoms with Gasteiger partial charge in [0.25, 0.3) is 0 Å². The minimum Gasteiger partial charge on any atom is -0.353 e. The predicted molar refractivity (Wildman–Crippen MR) is 75.1 cm³/mol. The molecule has 0 aromatic carbocycles. The molecule has 0 bridgehead atoms. The second-order valence-electron chi connectivity index (χ2n) is 5.53. The van der Waals surface area contributed by atoms with Crippen molar-refractivity contribution in [2.24, 2.45) is 5.92 Å². The van der Waals surface area contributed by atoms with Gasteiger partial charge < -0.3 is 10.2 Å². The van der Waals surface area contributed by atoms with Crippen LogP contribution in [0.2, 0.25) is 0 Å². The van der Waals surface area contributed by atoms with E-state index in [0.29, 0.717) is 5.82 Å². The molecule has 0 amide bonds. The summed E-state index contributed by atoms with van der Waals surface area (Å²) in [6.45, 7) is 5.40. The summed E-state index contributed by atoms with van der Waals surface area (Å²) in [5, 5.41) is 3.15. The molecule has 118 valence electrons. The molecule has 1 aromatic heterocycles. The van der Waals surface area contributed by atoms with Crippen LogP contribution in [0, 0.1) is 5.92 Å². The first-order chi connectivity index (χ1) is 9.97. The van der Waals surface area contributed by atoms with E-state index in [4.69, 9.17) is 0 Å². The first kappa shape index (κ1) is 16.0. The number of hydrogen-bond donors (Lipinski definition) is 1. The van der Waals surface area contributed by atoms with E-state index in [1.165, 1.54) is 25.5 Å². The number of halogens is 3. The van der Waals surface area contributed by atoms with Gasteiger partial charge in [0.15, 0.2) is 5.69 Å². The van der Waals surface area contributed by atoms with Crippen molar-refractivity contribution >= 4 is 5.82 Å². The van der Waals surface area contributed by atoms with Gasteiger partial charge in [0.2, 0.25) is 0 Å². The van der Waals surface area contributed by atoms with E-state index in [-0.39, 0.29) is 0 Å². The molecule has 4 nitrogen and oxygen atoms in total. The smallest absolute Gasteiger partial charge is 0.353 e. The van der Waals surface area contributed by atoms with Gasteiger partial charge in [0, 0.05) is 26.2 Å². The van der Waals surface area contributed by atoms with Gasteiger partial charge in [-0.1, -0.05) is 26.2 Å². The molecule has 21 heavy (non-hydrogen) atoms. The molecule has 3 rings (SSSR count). The van der Waals surface area contributed by atoms with Gasteiger partial charge in [-0.25, -0.2) is 9.97 Å². The number of anilines is 1. The van der Waals surface area contributed by atoms with Crippen LogP contribution in [0.25, 0.3) is 0 Å². The van der Waals surface area contributed by atoms with E-state index in [9.17, 15) is 13.2 Å². The predicted octanol–water partition coefficient (Wildman–Crippen LogP) is 2.71. The fourth-order valence-electron chi connectivity index (χ4n) is 2.14. The second kappa shape index (κ2) is 7.06. The van der Waals surface area contributed by atoms with E-state index in [1.54, 1.807) is 0 Å². The zero-order chi connectivity index (χ0) is 15.3. The summed E-state index contributed by atoms with van der Waals surface area (Å²) in [5.41, 5.74) is -0.952. The van der Waals surface area contributed by atoms with Crippen molar-refractivity contribution in [3.63, 3.8) is 0 Å². The molecule has 1 saturated carbocycles. The minimum atomic E-state index is -4.42. The number of nitrogens with zero attached hydrogens (tertiary/aromatic N) is 3. The van der Waals surface area contributed by atoms with Crippen LogP contribution in [0.15, 0.2) is 12.4 Å². The molecule has 0 unspecified atom stereocenters. The number of hydrogen-bond acceptors (Lipinski definition) is 4. The average molecular weight is 302 g/mol.